The van der Waals surface area contributed by atoms with Crippen LogP contribution in [0.2, 0.25) is 0 Å². The Balaban J connectivity index is 0.000000267. The molecule has 2 aromatic carbocycles. The van der Waals surface area contributed by atoms with E-state index in [1.54, 1.807) is 67.3 Å². The molecular weight excluding hydrogens is 540 g/mol. The summed E-state index contributed by atoms with van der Waals surface area (Å²) in [5.74, 6) is 3.95. The van der Waals surface area contributed by atoms with E-state index in [2.05, 4.69) is 9.97 Å². The Labute approximate surface area is 234 Å². The normalized spacial score (nSPS) is 10.1. The number of hydrogen-bond donors (Lipinski definition) is 0. The third-order valence-electron chi connectivity index (χ3n) is 6.12. The topological polar surface area (TPSA) is 202 Å². The molecule has 0 aliphatic rings. The van der Waals surface area contributed by atoms with Crippen LogP contribution >= 0.6 is 0 Å². The molecule has 0 aliphatic carbocycles. The number of methoxy groups -OCH3 is 6. The van der Waals surface area contributed by atoms with Gasteiger partial charge in [-0.1, -0.05) is 0 Å². The van der Waals surface area contributed by atoms with Crippen molar-refractivity contribution in [2.45, 2.75) is 0 Å². The van der Waals surface area contributed by atoms with Gasteiger partial charge in [0.25, 0.3) is 0 Å². The first-order valence-corrected chi connectivity index (χ1v) is 11.5. The van der Waals surface area contributed by atoms with Crippen LogP contribution in [-0.4, -0.2) is 69.1 Å². The summed E-state index contributed by atoms with van der Waals surface area (Å²) in [6, 6.07) is 11.0. The minimum absolute atomic E-state index is 0. The van der Waals surface area contributed by atoms with E-state index >= 15 is 0 Å². The molecule has 0 saturated carbocycles. The van der Waals surface area contributed by atoms with Gasteiger partial charge in [-0.15, -0.1) is 0 Å². The van der Waals surface area contributed by atoms with Crippen LogP contribution in [0.3, 0.4) is 0 Å². The Morgan fingerprint density at radius 3 is 1.12 bits per heavy atom. The number of hydrogen-bond acceptors (Lipinski definition) is 10. The monoisotopic (exact) mass is 572 g/mol. The molecule has 0 fully saturated rings. The van der Waals surface area contributed by atoms with Gasteiger partial charge in [-0.25, -0.2) is 9.97 Å². The molecule has 0 spiro atoms. The Bertz CT molecular complexity index is 1630. The van der Waals surface area contributed by atoms with E-state index in [-0.39, 0.29) is 16.4 Å². The molecule has 41 heavy (non-hydrogen) atoms. The van der Waals surface area contributed by atoms with E-state index in [1.165, 1.54) is 0 Å². The summed E-state index contributed by atoms with van der Waals surface area (Å²) in [6.45, 7) is 0. The summed E-state index contributed by atoms with van der Waals surface area (Å²) in [5, 5.41) is 3.38. The van der Waals surface area contributed by atoms with Crippen molar-refractivity contribution in [3.8, 4) is 34.5 Å². The molecule has 4 heterocycles. The summed E-state index contributed by atoms with van der Waals surface area (Å²) in [4.78, 5) is 8.90. The molecule has 6 rings (SSSR count). The zero-order valence-corrected chi connectivity index (χ0v) is 23.3. The second-order valence-electron chi connectivity index (χ2n) is 8.02. The number of pyridine rings is 2. The average Bonchev–Trinajstić information content (AvgIpc) is 3.62. The Hall–Kier alpha value is -4.98. The largest absolute Gasteiger partial charge is 0.495 e. The van der Waals surface area contributed by atoms with Gasteiger partial charge in [0.15, 0.2) is 23.0 Å². The summed E-state index contributed by atoms with van der Waals surface area (Å²) in [7, 11) is 9.62. The van der Waals surface area contributed by atoms with Gasteiger partial charge in [0, 0.05) is 22.9 Å². The van der Waals surface area contributed by atoms with E-state index < -0.39 is 0 Å². The maximum absolute atomic E-state index is 5.48. The van der Waals surface area contributed by atoms with Gasteiger partial charge >= 0.3 is 0 Å². The van der Waals surface area contributed by atoms with Crippen LogP contribution in [0.4, 0.5) is 0 Å². The molecule has 0 aliphatic heterocycles. The lowest BCUT2D eigenvalue weighted by atomic mass is 10.1. The van der Waals surface area contributed by atoms with Gasteiger partial charge in [0.2, 0.25) is 11.4 Å². The molecular formula is C28H32N2O11. The zero-order valence-electron chi connectivity index (χ0n) is 23.3. The number of rotatable bonds is 6. The number of aromatic nitrogens is 2. The first-order valence-electron chi connectivity index (χ1n) is 11.5. The molecule has 13 nitrogen and oxygen atoms in total. The fourth-order valence-electron chi connectivity index (χ4n) is 4.36. The van der Waals surface area contributed by atoms with Crippen molar-refractivity contribution in [3.05, 3.63) is 48.9 Å². The van der Waals surface area contributed by atoms with Crippen molar-refractivity contribution in [1.29, 1.82) is 0 Å². The molecule has 13 heteroatoms. The van der Waals surface area contributed by atoms with E-state index in [9.17, 15) is 0 Å². The Morgan fingerprint density at radius 2 is 0.805 bits per heavy atom. The second kappa shape index (κ2) is 13.4. The average molecular weight is 573 g/mol. The molecule has 0 saturated heterocycles. The highest BCUT2D eigenvalue weighted by molar-refractivity contribution is 6.01. The molecule has 0 unspecified atom stereocenters. The Kier molecular flexibility index (Phi) is 10.5. The van der Waals surface area contributed by atoms with Crippen molar-refractivity contribution in [1.82, 2.24) is 9.97 Å². The highest BCUT2D eigenvalue weighted by atomic mass is 16.5. The van der Waals surface area contributed by atoms with Crippen LogP contribution < -0.4 is 28.4 Å². The zero-order chi connectivity index (χ0) is 26.8. The number of furan rings is 2. The number of fused-ring (bicyclic) bond motifs is 4. The standard InChI is InChI=1S/2C14H13NO4.3H2O/c2*1-16-11-6-9-10(7-12(11)17-2)15-14-8(4-5-19-14)13(9)18-3;;;/h2*4-7H,1-3H3;3*1H2. The maximum Gasteiger partial charge on any atom is 0.230 e. The van der Waals surface area contributed by atoms with Crippen LogP contribution in [0.25, 0.3) is 44.0 Å². The highest BCUT2D eigenvalue weighted by Crippen LogP contribution is 2.40. The minimum atomic E-state index is 0. The van der Waals surface area contributed by atoms with E-state index in [0.717, 1.165) is 44.1 Å². The molecule has 4 aromatic heterocycles. The van der Waals surface area contributed by atoms with Gasteiger partial charge in [-0.05, 0) is 24.3 Å². The van der Waals surface area contributed by atoms with Crippen molar-refractivity contribution in [3.63, 3.8) is 0 Å². The van der Waals surface area contributed by atoms with Crippen LogP contribution in [0.15, 0.2) is 57.8 Å². The lowest BCUT2D eigenvalue weighted by molar-refractivity contribution is 0.355. The van der Waals surface area contributed by atoms with E-state index in [4.69, 9.17) is 37.3 Å². The summed E-state index contributed by atoms with van der Waals surface area (Å²) in [6.07, 6.45) is 3.18. The quantitative estimate of drug-likeness (QED) is 0.284. The molecule has 220 valence electrons. The predicted octanol–water partition coefficient (Wildman–Crippen LogP) is 3.54. The number of ether oxygens (including phenoxy) is 6. The van der Waals surface area contributed by atoms with Gasteiger partial charge in [-0.3, -0.25) is 0 Å². The molecule has 0 radical (unpaired) electrons. The lowest BCUT2D eigenvalue weighted by Gasteiger charge is -2.11. The van der Waals surface area contributed by atoms with Crippen molar-refractivity contribution >= 4 is 44.0 Å². The first-order chi connectivity index (χ1) is 18.6. The third-order valence-corrected chi connectivity index (χ3v) is 6.12. The number of benzene rings is 2. The molecule has 0 amide bonds. The van der Waals surface area contributed by atoms with Crippen LogP contribution in [0, 0.1) is 0 Å². The molecule has 6 N–H and O–H groups in total. The van der Waals surface area contributed by atoms with Crippen molar-refractivity contribution < 1.29 is 53.7 Å². The fourth-order valence-corrected chi connectivity index (χ4v) is 4.36. The first kappa shape index (κ1) is 32.2. The minimum Gasteiger partial charge on any atom is -0.495 e. The maximum atomic E-state index is 5.48. The SMILES string of the molecule is COc1cc2nc3occc3c(OC)c2cc1OC.COc1cc2nc3occc3c(OC)c2cc1OC.O.O.O. The second-order valence-corrected chi connectivity index (χ2v) is 8.02. The fraction of sp³-hybridized carbons (Fsp3) is 0.214. The van der Waals surface area contributed by atoms with Crippen LogP contribution in [0.1, 0.15) is 0 Å². The van der Waals surface area contributed by atoms with E-state index in [1.807, 2.05) is 24.3 Å². The van der Waals surface area contributed by atoms with Gasteiger partial charge in [-0.2, -0.15) is 0 Å². The van der Waals surface area contributed by atoms with E-state index in [0.29, 0.717) is 34.4 Å². The number of nitrogens with zero attached hydrogens (tertiary/aromatic N) is 2. The lowest BCUT2D eigenvalue weighted by Crippen LogP contribution is -1.94. The summed E-state index contributed by atoms with van der Waals surface area (Å²) >= 11 is 0. The van der Waals surface area contributed by atoms with Gasteiger partial charge in [0.05, 0.1) is 77.0 Å². The third kappa shape index (κ3) is 5.54. The van der Waals surface area contributed by atoms with Crippen molar-refractivity contribution in [2.75, 3.05) is 42.7 Å². The van der Waals surface area contributed by atoms with Crippen LogP contribution in [-0.2, 0) is 0 Å². The predicted molar refractivity (Wildman–Crippen MR) is 153 cm³/mol. The molecule has 0 bridgehead atoms. The smallest absolute Gasteiger partial charge is 0.230 e. The molecule has 6 aromatic rings. The Morgan fingerprint density at radius 1 is 0.463 bits per heavy atom. The highest BCUT2D eigenvalue weighted by Gasteiger charge is 2.17. The van der Waals surface area contributed by atoms with Gasteiger partial charge < -0.3 is 53.7 Å². The van der Waals surface area contributed by atoms with Crippen molar-refractivity contribution in [2.24, 2.45) is 0 Å². The summed E-state index contributed by atoms with van der Waals surface area (Å²) in [5.41, 5.74) is 2.54. The summed E-state index contributed by atoms with van der Waals surface area (Å²) < 4.78 is 42.8. The van der Waals surface area contributed by atoms with Crippen LogP contribution in [0.5, 0.6) is 34.5 Å². The van der Waals surface area contributed by atoms with Gasteiger partial charge in [0.1, 0.15) is 11.5 Å². The molecule has 0 atom stereocenters.